The molecular weight excluding hydrogens is 377 g/mol. The first-order valence-corrected chi connectivity index (χ1v) is 9.39. The highest BCUT2D eigenvalue weighted by Gasteiger charge is 2.13. The first kappa shape index (κ1) is 18.4. The van der Waals surface area contributed by atoms with Crippen molar-refractivity contribution in [1.29, 1.82) is 0 Å². The number of fused-ring (bicyclic) bond motifs is 1. The van der Waals surface area contributed by atoms with Gasteiger partial charge in [-0.15, -0.1) is 0 Å². The van der Waals surface area contributed by atoms with Crippen LogP contribution in [0.3, 0.4) is 0 Å². The smallest absolute Gasteiger partial charge is 0.216 e. The third-order valence-electron chi connectivity index (χ3n) is 4.78. The Morgan fingerprint density at radius 2 is 1.86 bits per heavy atom. The first-order valence-electron chi connectivity index (χ1n) is 9.01. The van der Waals surface area contributed by atoms with Crippen LogP contribution in [0.4, 0.5) is 4.39 Å². The molecule has 4 rings (SSSR count). The van der Waals surface area contributed by atoms with Crippen LogP contribution in [0.2, 0.25) is 5.02 Å². The van der Waals surface area contributed by atoms with Crippen molar-refractivity contribution in [3.8, 4) is 5.75 Å². The molecule has 0 spiro atoms. The standard InChI is InChI=1S/C22H19ClFN3O/c1-28-19-10-11-25-22-20(19)16(13-26-22)12-15-5-9-18(27-21(15)24)8-4-14-2-6-17(23)7-3-14/h2-3,5-7,9-11,13H,4,8,12H2,1H3,(H,25,26). The van der Waals surface area contributed by atoms with Crippen LogP contribution in [-0.2, 0) is 19.3 Å². The van der Waals surface area contributed by atoms with Gasteiger partial charge in [0.1, 0.15) is 11.4 Å². The minimum Gasteiger partial charge on any atom is -0.496 e. The summed E-state index contributed by atoms with van der Waals surface area (Å²) in [6.07, 6.45) is 5.39. The van der Waals surface area contributed by atoms with Gasteiger partial charge in [0.2, 0.25) is 5.95 Å². The summed E-state index contributed by atoms with van der Waals surface area (Å²) in [7, 11) is 1.61. The molecule has 0 radical (unpaired) electrons. The third-order valence-corrected chi connectivity index (χ3v) is 5.04. The van der Waals surface area contributed by atoms with Crippen molar-refractivity contribution >= 4 is 22.6 Å². The summed E-state index contributed by atoms with van der Waals surface area (Å²) in [5.41, 5.74) is 4.07. The maximum absolute atomic E-state index is 14.6. The lowest BCUT2D eigenvalue weighted by Gasteiger charge is -2.07. The predicted molar refractivity (Wildman–Crippen MR) is 109 cm³/mol. The van der Waals surface area contributed by atoms with Gasteiger partial charge in [-0.25, -0.2) is 9.97 Å². The van der Waals surface area contributed by atoms with Crippen LogP contribution < -0.4 is 4.74 Å². The number of ether oxygens (including phenoxy) is 1. The molecule has 3 aromatic heterocycles. The molecule has 0 atom stereocenters. The number of hydrogen-bond donors (Lipinski definition) is 1. The number of aromatic amines is 1. The number of hydrogen-bond acceptors (Lipinski definition) is 3. The van der Waals surface area contributed by atoms with E-state index in [0.717, 1.165) is 34.3 Å². The number of methoxy groups -OCH3 is 1. The predicted octanol–water partition coefficient (Wildman–Crippen LogP) is 5.14. The highest BCUT2D eigenvalue weighted by atomic mass is 35.5. The maximum atomic E-state index is 14.6. The summed E-state index contributed by atoms with van der Waals surface area (Å²) in [5.74, 6) is 0.278. The largest absolute Gasteiger partial charge is 0.496 e. The van der Waals surface area contributed by atoms with Gasteiger partial charge in [0.15, 0.2) is 0 Å². The summed E-state index contributed by atoms with van der Waals surface area (Å²) < 4.78 is 20.0. The molecule has 4 aromatic rings. The van der Waals surface area contributed by atoms with Gasteiger partial charge in [-0.3, -0.25) is 0 Å². The number of H-pyrrole nitrogens is 1. The van der Waals surface area contributed by atoms with Crippen molar-refractivity contribution in [1.82, 2.24) is 15.0 Å². The van der Waals surface area contributed by atoms with E-state index in [2.05, 4.69) is 15.0 Å². The van der Waals surface area contributed by atoms with E-state index in [0.29, 0.717) is 29.2 Å². The highest BCUT2D eigenvalue weighted by molar-refractivity contribution is 6.30. The van der Waals surface area contributed by atoms with Gasteiger partial charge in [0.25, 0.3) is 0 Å². The first-order chi connectivity index (χ1) is 13.6. The second-order valence-corrected chi connectivity index (χ2v) is 7.04. The Bertz CT molecular complexity index is 1110. The summed E-state index contributed by atoms with van der Waals surface area (Å²) in [6.45, 7) is 0. The zero-order valence-corrected chi connectivity index (χ0v) is 16.1. The Kier molecular flexibility index (Phi) is 5.26. The number of aryl methyl sites for hydroxylation is 2. The Labute approximate surface area is 167 Å². The molecule has 0 aliphatic heterocycles. The topological polar surface area (TPSA) is 50.8 Å². The van der Waals surface area contributed by atoms with Crippen LogP contribution >= 0.6 is 11.6 Å². The van der Waals surface area contributed by atoms with Crippen LogP contribution in [0.5, 0.6) is 5.75 Å². The molecule has 0 bridgehead atoms. The van der Waals surface area contributed by atoms with Crippen LogP contribution in [0, 0.1) is 5.95 Å². The normalized spacial score (nSPS) is 11.1. The average Bonchev–Trinajstić information content (AvgIpc) is 3.12. The van der Waals surface area contributed by atoms with Crippen molar-refractivity contribution in [2.75, 3.05) is 7.11 Å². The van der Waals surface area contributed by atoms with Crippen molar-refractivity contribution in [2.45, 2.75) is 19.3 Å². The summed E-state index contributed by atoms with van der Waals surface area (Å²) >= 11 is 5.90. The molecule has 0 amide bonds. The number of pyridine rings is 2. The quantitative estimate of drug-likeness (QED) is 0.460. The fourth-order valence-corrected chi connectivity index (χ4v) is 3.43. The van der Waals surface area contributed by atoms with E-state index in [-0.39, 0.29) is 0 Å². The Hall–Kier alpha value is -2.92. The highest BCUT2D eigenvalue weighted by Crippen LogP contribution is 2.29. The SMILES string of the molecule is COc1ccnc2[nH]cc(Cc3ccc(CCc4ccc(Cl)cc4)nc3F)c12. The van der Waals surface area contributed by atoms with E-state index >= 15 is 0 Å². The number of nitrogens with one attached hydrogen (secondary N) is 1. The Morgan fingerprint density at radius 1 is 1.04 bits per heavy atom. The molecule has 6 heteroatoms. The fourth-order valence-electron chi connectivity index (χ4n) is 3.30. The lowest BCUT2D eigenvalue weighted by atomic mass is 10.0. The number of halogens is 2. The molecule has 1 N–H and O–H groups in total. The minimum absolute atomic E-state index is 0.415. The van der Waals surface area contributed by atoms with Gasteiger partial charge >= 0.3 is 0 Å². The van der Waals surface area contributed by atoms with Gasteiger partial charge in [-0.05, 0) is 48.2 Å². The minimum atomic E-state index is -0.439. The van der Waals surface area contributed by atoms with Crippen LogP contribution in [0.25, 0.3) is 11.0 Å². The number of benzene rings is 1. The Balaban J connectivity index is 1.51. The Morgan fingerprint density at radius 3 is 2.61 bits per heavy atom. The molecular formula is C22H19ClFN3O. The summed E-state index contributed by atoms with van der Waals surface area (Å²) in [4.78, 5) is 11.6. The fraction of sp³-hybridized carbons (Fsp3) is 0.182. The molecule has 0 aliphatic rings. The van der Waals surface area contributed by atoms with E-state index in [4.69, 9.17) is 16.3 Å². The van der Waals surface area contributed by atoms with E-state index in [9.17, 15) is 4.39 Å². The monoisotopic (exact) mass is 395 g/mol. The van der Waals surface area contributed by atoms with Gasteiger partial charge in [0.05, 0.1) is 12.5 Å². The van der Waals surface area contributed by atoms with Gasteiger partial charge in [0, 0.05) is 35.1 Å². The van der Waals surface area contributed by atoms with Gasteiger partial charge < -0.3 is 9.72 Å². The average molecular weight is 396 g/mol. The van der Waals surface area contributed by atoms with Gasteiger partial charge in [-0.2, -0.15) is 4.39 Å². The number of aromatic nitrogens is 3. The van der Waals surface area contributed by atoms with Crippen molar-refractivity contribution < 1.29 is 9.13 Å². The molecule has 3 heterocycles. The molecule has 0 unspecified atom stereocenters. The van der Waals surface area contributed by atoms with Crippen molar-refractivity contribution in [2.24, 2.45) is 0 Å². The van der Waals surface area contributed by atoms with Gasteiger partial charge in [-0.1, -0.05) is 29.8 Å². The number of rotatable bonds is 6. The van der Waals surface area contributed by atoms with E-state index in [1.54, 1.807) is 25.4 Å². The molecule has 0 aliphatic carbocycles. The summed E-state index contributed by atoms with van der Waals surface area (Å²) in [6, 6.07) is 13.2. The van der Waals surface area contributed by atoms with Crippen molar-refractivity contribution in [3.05, 3.63) is 88.2 Å². The lowest BCUT2D eigenvalue weighted by molar-refractivity contribution is 0.419. The molecule has 0 saturated heterocycles. The molecule has 1 aromatic carbocycles. The number of nitrogens with zero attached hydrogens (tertiary/aromatic N) is 2. The van der Waals surface area contributed by atoms with Crippen LogP contribution in [0.1, 0.15) is 22.4 Å². The summed E-state index contributed by atoms with van der Waals surface area (Å²) in [5, 5.41) is 1.58. The molecule has 4 nitrogen and oxygen atoms in total. The van der Waals surface area contributed by atoms with E-state index in [1.807, 2.05) is 36.5 Å². The van der Waals surface area contributed by atoms with Crippen molar-refractivity contribution in [3.63, 3.8) is 0 Å². The third kappa shape index (κ3) is 3.85. The molecule has 0 saturated carbocycles. The second kappa shape index (κ2) is 7.98. The van der Waals surface area contributed by atoms with E-state index < -0.39 is 5.95 Å². The molecule has 28 heavy (non-hydrogen) atoms. The molecule has 0 fully saturated rings. The second-order valence-electron chi connectivity index (χ2n) is 6.61. The maximum Gasteiger partial charge on any atom is 0.216 e. The zero-order chi connectivity index (χ0) is 19.5. The molecule has 142 valence electrons. The van der Waals surface area contributed by atoms with Crippen LogP contribution in [-0.4, -0.2) is 22.1 Å². The van der Waals surface area contributed by atoms with Crippen LogP contribution in [0.15, 0.2) is 54.9 Å². The lowest BCUT2D eigenvalue weighted by Crippen LogP contribution is -2.01. The zero-order valence-electron chi connectivity index (χ0n) is 15.4. The van der Waals surface area contributed by atoms with E-state index in [1.165, 1.54) is 0 Å².